The van der Waals surface area contributed by atoms with E-state index in [2.05, 4.69) is 4.98 Å². The third-order valence-corrected chi connectivity index (χ3v) is 5.92. The van der Waals surface area contributed by atoms with Gasteiger partial charge in [0.2, 0.25) is 0 Å². The van der Waals surface area contributed by atoms with Crippen molar-refractivity contribution in [3.63, 3.8) is 0 Å². The smallest absolute Gasteiger partial charge is 0.410 e. The number of ether oxygens (including phenoxy) is 2. The summed E-state index contributed by atoms with van der Waals surface area (Å²) in [5.41, 5.74) is 2.90. The van der Waals surface area contributed by atoms with Gasteiger partial charge < -0.3 is 13.9 Å². The maximum absolute atomic E-state index is 13.1. The molecule has 2 aromatic carbocycles. The Bertz CT molecular complexity index is 1050. The first-order chi connectivity index (χ1) is 14.7. The lowest BCUT2D eigenvalue weighted by Crippen LogP contribution is -2.59. The van der Waals surface area contributed by atoms with Crippen molar-refractivity contribution in [3.05, 3.63) is 66.1 Å². The molecule has 3 heterocycles. The Morgan fingerprint density at radius 3 is 2.60 bits per heavy atom. The number of rotatable bonds is 4. The highest BCUT2D eigenvalue weighted by Gasteiger charge is 2.44. The molecule has 0 radical (unpaired) electrons. The van der Waals surface area contributed by atoms with Gasteiger partial charge in [-0.15, -0.1) is 0 Å². The van der Waals surface area contributed by atoms with E-state index in [0.717, 1.165) is 5.56 Å². The van der Waals surface area contributed by atoms with Crippen LogP contribution in [0.3, 0.4) is 0 Å². The molecular formula is C23H22N2O5. The van der Waals surface area contributed by atoms with Crippen LogP contribution in [0.5, 0.6) is 0 Å². The molecule has 30 heavy (non-hydrogen) atoms. The molecule has 2 bridgehead atoms. The lowest BCUT2D eigenvalue weighted by atomic mass is 9.81. The minimum absolute atomic E-state index is 0.0779. The molecule has 1 amide bonds. The zero-order chi connectivity index (χ0) is 20.5. The molecule has 2 aliphatic rings. The topological polar surface area (TPSA) is 81.9 Å². The Labute approximate surface area is 173 Å². The van der Waals surface area contributed by atoms with E-state index in [9.17, 15) is 9.59 Å². The minimum Gasteiger partial charge on any atom is -0.445 e. The van der Waals surface area contributed by atoms with Gasteiger partial charge >= 0.3 is 6.09 Å². The summed E-state index contributed by atoms with van der Waals surface area (Å²) in [5.74, 6) is -0.0828. The summed E-state index contributed by atoms with van der Waals surface area (Å²) in [6.45, 7) is 1.07. The van der Waals surface area contributed by atoms with Gasteiger partial charge in [0.25, 0.3) is 0 Å². The van der Waals surface area contributed by atoms with E-state index in [-0.39, 0.29) is 36.5 Å². The van der Waals surface area contributed by atoms with Gasteiger partial charge in [0.1, 0.15) is 12.1 Å². The maximum Gasteiger partial charge on any atom is 0.410 e. The molecule has 7 heteroatoms. The molecule has 2 unspecified atom stereocenters. The highest BCUT2D eigenvalue weighted by Crippen LogP contribution is 2.34. The zero-order valence-electron chi connectivity index (χ0n) is 16.4. The third kappa shape index (κ3) is 3.57. The number of piperidine rings is 1. The summed E-state index contributed by atoms with van der Waals surface area (Å²) in [6, 6.07) is 14.6. The number of hydrogen-bond acceptors (Lipinski definition) is 6. The molecular weight excluding hydrogens is 384 g/mol. The zero-order valence-corrected chi connectivity index (χ0v) is 16.4. The van der Waals surface area contributed by atoms with E-state index in [0.29, 0.717) is 42.7 Å². The molecule has 2 saturated heterocycles. The quantitative estimate of drug-likeness (QED) is 0.613. The number of oxazole rings is 1. The average Bonchev–Trinajstić information content (AvgIpc) is 3.24. The summed E-state index contributed by atoms with van der Waals surface area (Å²) >= 11 is 0. The second kappa shape index (κ2) is 7.91. The normalized spacial score (nSPS) is 23.3. The second-order valence-electron chi connectivity index (χ2n) is 7.86. The van der Waals surface area contributed by atoms with Crippen molar-refractivity contribution in [1.82, 2.24) is 9.88 Å². The van der Waals surface area contributed by atoms with E-state index in [4.69, 9.17) is 13.9 Å². The fraction of sp³-hybridized carbons (Fsp3) is 0.348. The summed E-state index contributed by atoms with van der Waals surface area (Å²) in [4.78, 5) is 31.9. The Morgan fingerprint density at radius 1 is 1.07 bits per heavy atom. The summed E-state index contributed by atoms with van der Waals surface area (Å²) < 4.78 is 16.5. The molecule has 154 valence electrons. The summed E-state index contributed by atoms with van der Waals surface area (Å²) in [7, 11) is 0. The molecule has 2 fully saturated rings. The van der Waals surface area contributed by atoms with E-state index in [1.54, 1.807) is 23.1 Å². The monoisotopic (exact) mass is 406 g/mol. The molecule has 0 spiro atoms. The molecule has 2 atom stereocenters. The molecule has 0 saturated carbocycles. The number of fused-ring (bicyclic) bond motifs is 3. The van der Waals surface area contributed by atoms with Gasteiger partial charge in [0.05, 0.1) is 25.3 Å². The van der Waals surface area contributed by atoms with Crippen molar-refractivity contribution < 1.29 is 23.5 Å². The molecule has 0 aliphatic carbocycles. The molecule has 7 nitrogen and oxygen atoms in total. The van der Waals surface area contributed by atoms with Gasteiger partial charge in [0.15, 0.2) is 17.8 Å². The number of nitrogens with zero attached hydrogens (tertiary/aromatic N) is 2. The summed E-state index contributed by atoms with van der Waals surface area (Å²) in [6.07, 6.45) is 2.16. The number of hydrogen-bond donors (Lipinski definition) is 0. The number of carbonyl (C=O) groups excluding carboxylic acids is 2. The highest BCUT2D eigenvalue weighted by atomic mass is 16.6. The van der Waals surface area contributed by atoms with Crippen LogP contribution in [0.2, 0.25) is 0 Å². The average molecular weight is 406 g/mol. The number of benzene rings is 2. The van der Waals surface area contributed by atoms with E-state index in [1.165, 1.54) is 6.39 Å². The number of carbonyl (C=O) groups is 2. The van der Waals surface area contributed by atoms with Crippen LogP contribution in [0.25, 0.3) is 11.1 Å². The number of Topliss-reactive ketones (excluding diaryl/α,β-unsaturated/α-hetero) is 1. The van der Waals surface area contributed by atoms with Gasteiger partial charge in [-0.1, -0.05) is 30.3 Å². The van der Waals surface area contributed by atoms with Gasteiger partial charge in [-0.3, -0.25) is 9.69 Å². The second-order valence-corrected chi connectivity index (χ2v) is 7.86. The Hall–Kier alpha value is -3.19. The van der Waals surface area contributed by atoms with Crippen molar-refractivity contribution in [1.29, 1.82) is 0 Å². The number of morpholine rings is 1. The first-order valence-corrected chi connectivity index (χ1v) is 10.1. The minimum atomic E-state index is -0.341. The lowest BCUT2D eigenvalue weighted by molar-refractivity contribution is -0.0755. The Kier molecular flexibility index (Phi) is 4.96. The van der Waals surface area contributed by atoms with Gasteiger partial charge in [-0.05, 0) is 36.6 Å². The molecule has 1 aromatic heterocycles. The van der Waals surface area contributed by atoms with Crippen LogP contribution in [0.4, 0.5) is 4.79 Å². The highest BCUT2D eigenvalue weighted by molar-refractivity contribution is 6.00. The molecule has 0 N–H and O–H groups in total. The molecule has 5 rings (SSSR count). The van der Waals surface area contributed by atoms with E-state index >= 15 is 0 Å². The van der Waals surface area contributed by atoms with Crippen molar-refractivity contribution >= 4 is 23.0 Å². The van der Waals surface area contributed by atoms with E-state index in [1.807, 2.05) is 30.3 Å². The predicted octanol–water partition coefficient (Wildman–Crippen LogP) is 3.83. The molecule has 3 aromatic rings. The standard InChI is InChI=1S/C23H22N2O5/c26-22(16-6-7-21-20(10-16)24-14-30-21)17-8-18-12-28-13-19(9-17)25(18)23(27)29-11-15-4-2-1-3-5-15/h1-7,10,14,17-19H,8-9,11-13H2. The van der Waals surface area contributed by atoms with Crippen LogP contribution < -0.4 is 0 Å². The van der Waals surface area contributed by atoms with Crippen LogP contribution in [-0.4, -0.2) is 47.1 Å². The van der Waals surface area contributed by atoms with Crippen molar-refractivity contribution in [2.45, 2.75) is 31.5 Å². The Morgan fingerprint density at radius 2 is 1.83 bits per heavy atom. The van der Waals surface area contributed by atoms with Gasteiger partial charge in [0, 0.05) is 11.5 Å². The van der Waals surface area contributed by atoms with Crippen LogP contribution >= 0.6 is 0 Å². The van der Waals surface area contributed by atoms with Crippen LogP contribution in [-0.2, 0) is 16.1 Å². The predicted molar refractivity (Wildman–Crippen MR) is 108 cm³/mol. The van der Waals surface area contributed by atoms with E-state index < -0.39 is 0 Å². The third-order valence-electron chi connectivity index (χ3n) is 5.92. The molecule has 2 aliphatic heterocycles. The number of ketones is 1. The largest absolute Gasteiger partial charge is 0.445 e. The van der Waals surface area contributed by atoms with Crippen LogP contribution in [0, 0.1) is 5.92 Å². The van der Waals surface area contributed by atoms with Gasteiger partial charge in [-0.2, -0.15) is 0 Å². The summed E-state index contributed by atoms with van der Waals surface area (Å²) in [5, 5.41) is 0. The Balaban J connectivity index is 1.28. The first kappa shape index (κ1) is 18.8. The fourth-order valence-corrected chi connectivity index (χ4v) is 4.47. The number of aromatic nitrogens is 1. The number of amides is 1. The van der Waals surface area contributed by atoms with Crippen molar-refractivity contribution in [2.75, 3.05) is 13.2 Å². The van der Waals surface area contributed by atoms with Gasteiger partial charge in [-0.25, -0.2) is 9.78 Å². The SMILES string of the molecule is O=C(c1ccc2ocnc2c1)C1CC2COCC(C1)N2C(=O)OCc1ccccc1. The first-order valence-electron chi connectivity index (χ1n) is 10.1. The van der Waals surface area contributed by atoms with Crippen LogP contribution in [0.1, 0.15) is 28.8 Å². The lowest BCUT2D eigenvalue weighted by Gasteiger charge is -2.47. The maximum atomic E-state index is 13.1. The fourth-order valence-electron chi connectivity index (χ4n) is 4.47. The van der Waals surface area contributed by atoms with Crippen LogP contribution in [0.15, 0.2) is 59.3 Å². The van der Waals surface area contributed by atoms with Crippen molar-refractivity contribution in [2.24, 2.45) is 5.92 Å². The van der Waals surface area contributed by atoms with Crippen molar-refractivity contribution in [3.8, 4) is 0 Å².